The van der Waals surface area contributed by atoms with E-state index in [0.717, 1.165) is 30.5 Å². The van der Waals surface area contributed by atoms with Gasteiger partial charge in [0.2, 0.25) is 10.0 Å². The van der Waals surface area contributed by atoms with Gasteiger partial charge in [-0.25, -0.2) is 12.7 Å². The van der Waals surface area contributed by atoms with Crippen molar-refractivity contribution in [2.75, 3.05) is 20.1 Å². The maximum atomic E-state index is 12.8. The zero-order valence-electron chi connectivity index (χ0n) is 13.2. The second-order valence-electron chi connectivity index (χ2n) is 5.96. The van der Waals surface area contributed by atoms with Crippen LogP contribution in [-0.2, 0) is 16.6 Å². The first-order valence-corrected chi connectivity index (χ1v) is 9.15. The highest BCUT2D eigenvalue weighted by Gasteiger charge is 2.27. The maximum Gasteiger partial charge on any atom is 0.243 e. The molecule has 0 spiro atoms. The number of sulfonamides is 1. The molecule has 1 saturated carbocycles. The number of rotatable bonds is 7. The molecule has 1 fully saturated rings. The second-order valence-corrected chi connectivity index (χ2v) is 7.98. The van der Waals surface area contributed by atoms with E-state index in [9.17, 15) is 8.42 Å². The Bertz CT molecular complexity index is 580. The molecule has 0 aliphatic heterocycles. The molecular formula is C16H26N2O2S. The third-order valence-corrected chi connectivity index (χ3v) is 6.23. The quantitative estimate of drug-likeness (QED) is 0.842. The molecule has 0 heterocycles. The van der Waals surface area contributed by atoms with Gasteiger partial charge in [0.25, 0.3) is 0 Å². The summed E-state index contributed by atoms with van der Waals surface area (Å²) in [6.45, 7) is 6.11. The Morgan fingerprint density at radius 1 is 1.33 bits per heavy atom. The smallest absolute Gasteiger partial charge is 0.243 e. The highest BCUT2D eigenvalue weighted by Crippen LogP contribution is 2.29. The summed E-state index contributed by atoms with van der Waals surface area (Å²) in [5.74, 6) is 0.537. The Kier molecular flexibility index (Phi) is 5.41. The highest BCUT2D eigenvalue weighted by molar-refractivity contribution is 7.89. The van der Waals surface area contributed by atoms with Crippen molar-refractivity contribution in [3.8, 4) is 0 Å². The lowest BCUT2D eigenvalue weighted by Gasteiger charge is -2.30. The number of nitrogens with one attached hydrogen (secondary N) is 1. The third-order valence-electron chi connectivity index (χ3n) is 4.26. The number of hydrogen-bond donors (Lipinski definition) is 1. The molecule has 0 atom stereocenters. The van der Waals surface area contributed by atoms with Crippen LogP contribution in [0.3, 0.4) is 0 Å². The molecule has 21 heavy (non-hydrogen) atoms. The fourth-order valence-corrected chi connectivity index (χ4v) is 4.12. The fraction of sp³-hybridized carbons (Fsp3) is 0.625. The second kappa shape index (κ2) is 6.90. The average molecular weight is 310 g/mol. The fourth-order valence-electron chi connectivity index (χ4n) is 2.61. The molecule has 0 aromatic heterocycles. The van der Waals surface area contributed by atoms with Crippen molar-refractivity contribution < 1.29 is 8.42 Å². The minimum Gasteiger partial charge on any atom is -0.313 e. The van der Waals surface area contributed by atoms with Gasteiger partial charge in [-0.05, 0) is 49.4 Å². The van der Waals surface area contributed by atoms with Crippen LogP contribution < -0.4 is 5.32 Å². The van der Waals surface area contributed by atoms with E-state index in [4.69, 9.17) is 0 Å². The van der Waals surface area contributed by atoms with E-state index in [0.29, 0.717) is 23.9 Å². The van der Waals surface area contributed by atoms with E-state index in [-0.39, 0.29) is 0 Å². The van der Waals surface area contributed by atoms with Gasteiger partial charge in [-0.15, -0.1) is 0 Å². The molecule has 1 aliphatic carbocycles. The van der Waals surface area contributed by atoms with Crippen LogP contribution in [-0.4, -0.2) is 32.9 Å². The molecular weight excluding hydrogens is 284 g/mol. The molecule has 5 heteroatoms. The van der Waals surface area contributed by atoms with E-state index in [1.807, 2.05) is 32.0 Å². The first kappa shape index (κ1) is 16.5. The summed E-state index contributed by atoms with van der Waals surface area (Å²) >= 11 is 0. The molecule has 0 bridgehead atoms. The van der Waals surface area contributed by atoms with Crippen molar-refractivity contribution in [2.24, 2.45) is 5.92 Å². The summed E-state index contributed by atoms with van der Waals surface area (Å²) < 4.78 is 27.0. The Morgan fingerprint density at radius 3 is 2.62 bits per heavy atom. The van der Waals surface area contributed by atoms with Crippen LogP contribution in [0.5, 0.6) is 0 Å². The third kappa shape index (κ3) is 3.84. The zero-order valence-corrected chi connectivity index (χ0v) is 14.0. The van der Waals surface area contributed by atoms with Crippen LogP contribution >= 0.6 is 0 Å². The minimum absolute atomic E-state index is 0.444. The van der Waals surface area contributed by atoms with Gasteiger partial charge >= 0.3 is 0 Å². The number of hydrogen-bond acceptors (Lipinski definition) is 3. The first-order valence-electron chi connectivity index (χ1n) is 7.71. The summed E-state index contributed by atoms with van der Waals surface area (Å²) in [5.41, 5.74) is 1.83. The average Bonchev–Trinajstić information content (AvgIpc) is 2.41. The van der Waals surface area contributed by atoms with E-state index in [1.165, 1.54) is 10.7 Å². The maximum absolute atomic E-state index is 12.8. The summed E-state index contributed by atoms with van der Waals surface area (Å²) in [6, 6.07) is 5.70. The van der Waals surface area contributed by atoms with Gasteiger partial charge in [0.05, 0.1) is 4.90 Å². The van der Waals surface area contributed by atoms with Crippen LogP contribution in [0.25, 0.3) is 0 Å². The monoisotopic (exact) mass is 310 g/mol. The standard InChI is InChI=1S/C16H26N2O2S/c1-4-17-11-15-9-8-13(2)16(10-15)21(19,20)18(3)12-14-6-5-7-14/h8-10,14,17H,4-7,11-12H2,1-3H3. The van der Waals surface area contributed by atoms with Crippen molar-refractivity contribution in [1.29, 1.82) is 0 Å². The Hall–Kier alpha value is -0.910. The van der Waals surface area contributed by atoms with Gasteiger partial charge in [0, 0.05) is 20.1 Å². The predicted octanol–water partition coefficient (Wildman–Crippen LogP) is 2.53. The minimum atomic E-state index is -3.38. The molecule has 4 nitrogen and oxygen atoms in total. The van der Waals surface area contributed by atoms with Gasteiger partial charge < -0.3 is 5.32 Å². The number of benzene rings is 1. The van der Waals surface area contributed by atoms with Gasteiger partial charge in [0.15, 0.2) is 0 Å². The number of aryl methyl sites for hydroxylation is 1. The molecule has 1 aromatic carbocycles. The summed E-state index contributed by atoms with van der Waals surface area (Å²) in [5, 5.41) is 3.23. The molecule has 1 aromatic rings. The lowest BCUT2D eigenvalue weighted by Crippen LogP contribution is -2.34. The van der Waals surface area contributed by atoms with Gasteiger partial charge in [-0.2, -0.15) is 0 Å². The molecule has 0 unspecified atom stereocenters. The lowest BCUT2D eigenvalue weighted by molar-refractivity contribution is 0.263. The van der Waals surface area contributed by atoms with E-state index in [1.54, 1.807) is 7.05 Å². The van der Waals surface area contributed by atoms with E-state index >= 15 is 0 Å². The molecule has 1 aliphatic rings. The molecule has 1 N–H and O–H groups in total. The van der Waals surface area contributed by atoms with Crippen LogP contribution in [0.15, 0.2) is 23.1 Å². The zero-order chi connectivity index (χ0) is 15.5. The Labute approximate surface area is 128 Å². The van der Waals surface area contributed by atoms with Crippen LogP contribution in [0.1, 0.15) is 37.3 Å². The van der Waals surface area contributed by atoms with Crippen molar-refractivity contribution in [2.45, 2.75) is 44.6 Å². The van der Waals surface area contributed by atoms with Crippen molar-refractivity contribution >= 4 is 10.0 Å². The Morgan fingerprint density at radius 2 is 2.05 bits per heavy atom. The van der Waals surface area contributed by atoms with E-state index in [2.05, 4.69) is 5.32 Å². The van der Waals surface area contributed by atoms with Gasteiger partial charge in [0.1, 0.15) is 0 Å². The van der Waals surface area contributed by atoms with Gasteiger partial charge in [-0.1, -0.05) is 25.5 Å². The molecule has 0 radical (unpaired) electrons. The topological polar surface area (TPSA) is 49.4 Å². The normalized spacial score (nSPS) is 16.2. The molecule has 0 saturated heterocycles. The summed E-state index contributed by atoms with van der Waals surface area (Å²) in [4.78, 5) is 0.444. The number of nitrogens with zero attached hydrogens (tertiary/aromatic N) is 1. The van der Waals surface area contributed by atoms with Crippen molar-refractivity contribution in [3.05, 3.63) is 29.3 Å². The largest absolute Gasteiger partial charge is 0.313 e. The highest BCUT2D eigenvalue weighted by atomic mass is 32.2. The van der Waals surface area contributed by atoms with E-state index < -0.39 is 10.0 Å². The molecule has 118 valence electrons. The summed E-state index contributed by atoms with van der Waals surface area (Å²) in [6.07, 6.45) is 3.54. The molecule has 0 amide bonds. The van der Waals surface area contributed by atoms with Crippen LogP contribution in [0.2, 0.25) is 0 Å². The van der Waals surface area contributed by atoms with Crippen molar-refractivity contribution in [1.82, 2.24) is 9.62 Å². The van der Waals surface area contributed by atoms with Gasteiger partial charge in [-0.3, -0.25) is 0 Å². The van der Waals surface area contributed by atoms with Crippen LogP contribution in [0, 0.1) is 12.8 Å². The van der Waals surface area contributed by atoms with Crippen LogP contribution in [0.4, 0.5) is 0 Å². The SMILES string of the molecule is CCNCc1ccc(C)c(S(=O)(=O)N(C)CC2CCC2)c1. The Balaban J connectivity index is 2.20. The molecule has 2 rings (SSSR count). The van der Waals surface area contributed by atoms with Crippen molar-refractivity contribution in [3.63, 3.8) is 0 Å². The first-order chi connectivity index (χ1) is 9.95. The summed E-state index contributed by atoms with van der Waals surface area (Å²) in [7, 11) is -1.68. The lowest BCUT2D eigenvalue weighted by atomic mass is 9.86. The predicted molar refractivity (Wildman–Crippen MR) is 85.7 cm³/mol.